The second kappa shape index (κ2) is 3.67. The van der Waals surface area contributed by atoms with Crippen LogP contribution in [0.1, 0.15) is 41.4 Å². The summed E-state index contributed by atoms with van der Waals surface area (Å²) in [6, 6.07) is 4.94. The summed E-state index contributed by atoms with van der Waals surface area (Å²) in [5, 5.41) is 0.192. The van der Waals surface area contributed by atoms with Gasteiger partial charge in [0.1, 0.15) is 0 Å². The Bertz CT molecular complexity index is 867. The zero-order valence-corrected chi connectivity index (χ0v) is 10.8. The first kappa shape index (κ1) is 12.5. The number of ketones is 6. The van der Waals surface area contributed by atoms with Crippen molar-refractivity contribution in [2.45, 2.75) is 0 Å². The fraction of sp³-hybridized carbons (Fsp3) is 0. The van der Waals surface area contributed by atoms with Crippen LogP contribution in [0.5, 0.6) is 0 Å². The average molecular weight is 292 g/mol. The summed E-state index contributed by atoms with van der Waals surface area (Å²) in [5.41, 5.74) is -0.129. The molecule has 2 aliphatic rings. The SMILES string of the molecule is O=C1C(=O)c2ccc3c4c(ccc(c24)C1=O)C(=O)C(=O)C3=O. The van der Waals surface area contributed by atoms with E-state index in [2.05, 4.69) is 0 Å². The van der Waals surface area contributed by atoms with E-state index in [0.717, 1.165) is 0 Å². The van der Waals surface area contributed by atoms with E-state index in [1.165, 1.54) is 24.3 Å². The predicted molar refractivity (Wildman–Crippen MR) is 71.3 cm³/mol. The summed E-state index contributed by atoms with van der Waals surface area (Å²) in [6.07, 6.45) is 0. The molecule has 2 aromatic rings. The Balaban J connectivity index is 2.29. The number of rotatable bonds is 0. The Morgan fingerprint density at radius 1 is 0.364 bits per heavy atom. The van der Waals surface area contributed by atoms with Crippen LogP contribution < -0.4 is 0 Å². The molecule has 0 aromatic heterocycles. The highest BCUT2D eigenvalue weighted by Crippen LogP contribution is 2.36. The molecule has 4 rings (SSSR count). The Hall–Kier alpha value is -3.28. The Kier molecular flexibility index (Phi) is 2.08. The highest BCUT2D eigenvalue weighted by Gasteiger charge is 2.40. The van der Waals surface area contributed by atoms with E-state index in [9.17, 15) is 28.8 Å². The van der Waals surface area contributed by atoms with Crippen molar-refractivity contribution in [2.75, 3.05) is 0 Å². The molecule has 0 unspecified atom stereocenters. The standard InChI is InChI=1S/C16H4O6/c17-11-5-1-2-6-10-8(14(20)16(22)12(6)18)4-3-7(9(5)10)13(19)15(11)21/h1-4H. The summed E-state index contributed by atoms with van der Waals surface area (Å²) in [6.45, 7) is 0. The molecule has 104 valence electrons. The molecular weight excluding hydrogens is 288 g/mol. The summed E-state index contributed by atoms with van der Waals surface area (Å²) in [7, 11) is 0. The summed E-state index contributed by atoms with van der Waals surface area (Å²) in [5.74, 6) is -6.20. The normalized spacial score (nSPS) is 16.7. The van der Waals surface area contributed by atoms with E-state index in [1.54, 1.807) is 0 Å². The Morgan fingerprint density at radius 2 is 0.591 bits per heavy atom. The number of carbonyl (C=O) groups excluding carboxylic acids is 6. The molecule has 0 bridgehead atoms. The highest BCUT2D eigenvalue weighted by molar-refractivity contribution is 6.76. The molecule has 0 N–H and O–H groups in total. The van der Waals surface area contributed by atoms with Gasteiger partial charge in [-0.3, -0.25) is 28.8 Å². The fourth-order valence-corrected chi connectivity index (χ4v) is 2.95. The van der Waals surface area contributed by atoms with Gasteiger partial charge in [-0.1, -0.05) is 0 Å². The lowest BCUT2D eigenvalue weighted by molar-refractivity contribution is -0.112. The zero-order chi connectivity index (χ0) is 15.8. The first-order valence-electron chi connectivity index (χ1n) is 6.30. The van der Waals surface area contributed by atoms with Crippen LogP contribution in [0, 0.1) is 0 Å². The molecule has 0 amide bonds. The van der Waals surface area contributed by atoms with Crippen LogP contribution >= 0.6 is 0 Å². The maximum atomic E-state index is 12.0. The van der Waals surface area contributed by atoms with Crippen molar-refractivity contribution < 1.29 is 28.8 Å². The Labute approximate surface area is 121 Å². The molecule has 0 spiro atoms. The number of hydrogen-bond donors (Lipinski definition) is 0. The van der Waals surface area contributed by atoms with Crippen molar-refractivity contribution in [3.05, 3.63) is 46.5 Å². The quantitative estimate of drug-likeness (QED) is 0.663. The second-order valence-electron chi connectivity index (χ2n) is 5.05. The van der Waals surface area contributed by atoms with Crippen molar-refractivity contribution in [1.82, 2.24) is 0 Å². The molecule has 0 aliphatic heterocycles. The van der Waals surface area contributed by atoms with E-state index < -0.39 is 34.7 Å². The van der Waals surface area contributed by atoms with Gasteiger partial charge < -0.3 is 0 Å². The lowest BCUT2D eigenvalue weighted by atomic mass is 9.78. The number of hydrogen-bond acceptors (Lipinski definition) is 6. The molecule has 0 saturated carbocycles. The summed E-state index contributed by atoms with van der Waals surface area (Å²) >= 11 is 0. The lowest BCUT2D eigenvalue weighted by Crippen LogP contribution is -2.33. The topological polar surface area (TPSA) is 102 Å². The molecule has 0 heterocycles. The highest BCUT2D eigenvalue weighted by atomic mass is 16.2. The minimum atomic E-state index is -1.15. The molecule has 0 atom stereocenters. The van der Waals surface area contributed by atoms with Crippen LogP contribution in [0.25, 0.3) is 10.8 Å². The molecule has 0 radical (unpaired) electrons. The third-order valence-electron chi connectivity index (χ3n) is 3.96. The van der Waals surface area contributed by atoms with Gasteiger partial charge in [0.05, 0.1) is 0 Å². The molecule has 0 saturated heterocycles. The van der Waals surface area contributed by atoms with Crippen LogP contribution in [0.15, 0.2) is 24.3 Å². The van der Waals surface area contributed by atoms with E-state index >= 15 is 0 Å². The predicted octanol–water partition coefficient (Wildman–Crippen LogP) is 0.736. The fourth-order valence-electron chi connectivity index (χ4n) is 2.95. The van der Waals surface area contributed by atoms with Gasteiger partial charge in [-0.05, 0) is 24.3 Å². The van der Waals surface area contributed by atoms with Crippen LogP contribution in [0.2, 0.25) is 0 Å². The third-order valence-corrected chi connectivity index (χ3v) is 3.96. The monoisotopic (exact) mass is 292 g/mol. The second-order valence-corrected chi connectivity index (χ2v) is 5.05. The minimum Gasteiger partial charge on any atom is -0.285 e. The number of benzene rings is 2. The average Bonchev–Trinajstić information content (AvgIpc) is 2.53. The van der Waals surface area contributed by atoms with E-state index in [-0.39, 0.29) is 33.0 Å². The zero-order valence-electron chi connectivity index (χ0n) is 10.8. The van der Waals surface area contributed by atoms with Crippen molar-refractivity contribution >= 4 is 45.5 Å². The van der Waals surface area contributed by atoms with E-state index in [0.29, 0.717) is 0 Å². The number of carbonyl (C=O) groups is 6. The van der Waals surface area contributed by atoms with Crippen LogP contribution in [0.3, 0.4) is 0 Å². The van der Waals surface area contributed by atoms with Gasteiger partial charge >= 0.3 is 0 Å². The lowest BCUT2D eigenvalue weighted by Gasteiger charge is -2.20. The van der Waals surface area contributed by atoms with Gasteiger partial charge in [0.25, 0.3) is 11.6 Å². The van der Waals surface area contributed by atoms with Gasteiger partial charge in [-0.25, -0.2) is 0 Å². The Morgan fingerprint density at radius 3 is 0.818 bits per heavy atom. The first-order valence-corrected chi connectivity index (χ1v) is 6.30. The van der Waals surface area contributed by atoms with Crippen molar-refractivity contribution in [3.63, 3.8) is 0 Å². The van der Waals surface area contributed by atoms with Crippen molar-refractivity contribution in [1.29, 1.82) is 0 Å². The van der Waals surface area contributed by atoms with Crippen molar-refractivity contribution in [3.8, 4) is 0 Å². The smallest absolute Gasteiger partial charge is 0.273 e. The van der Waals surface area contributed by atoms with Crippen LogP contribution in [0.4, 0.5) is 0 Å². The van der Waals surface area contributed by atoms with E-state index in [4.69, 9.17) is 0 Å². The van der Waals surface area contributed by atoms with Gasteiger partial charge in [0, 0.05) is 33.0 Å². The summed E-state index contributed by atoms with van der Waals surface area (Å²) in [4.78, 5) is 71.2. The summed E-state index contributed by atoms with van der Waals surface area (Å²) < 4.78 is 0. The van der Waals surface area contributed by atoms with E-state index in [1.807, 2.05) is 0 Å². The molecule has 2 aliphatic carbocycles. The minimum absolute atomic E-state index is 0.0323. The maximum Gasteiger partial charge on any atom is 0.273 e. The van der Waals surface area contributed by atoms with Crippen LogP contribution in [-0.4, -0.2) is 34.7 Å². The largest absolute Gasteiger partial charge is 0.285 e. The van der Waals surface area contributed by atoms with Gasteiger partial charge in [-0.2, -0.15) is 0 Å². The van der Waals surface area contributed by atoms with Crippen molar-refractivity contribution in [2.24, 2.45) is 0 Å². The molecular formula is C16H4O6. The van der Waals surface area contributed by atoms with Gasteiger partial charge in [0.2, 0.25) is 23.1 Å². The maximum absolute atomic E-state index is 12.0. The molecule has 0 fully saturated rings. The first-order chi connectivity index (χ1) is 10.4. The number of Topliss-reactive ketones (excluding diaryl/α,β-unsaturated/α-hetero) is 6. The van der Waals surface area contributed by atoms with Gasteiger partial charge in [-0.15, -0.1) is 0 Å². The molecule has 22 heavy (non-hydrogen) atoms. The molecule has 6 heteroatoms. The van der Waals surface area contributed by atoms with Gasteiger partial charge in [0.15, 0.2) is 0 Å². The molecule has 2 aromatic carbocycles. The van der Waals surface area contributed by atoms with Crippen LogP contribution in [-0.2, 0) is 9.59 Å². The third kappa shape index (κ3) is 1.20. The molecule has 6 nitrogen and oxygen atoms in total.